The Morgan fingerprint density at radius 3 is 2.75 bits per heavy atom. The number of allylic oxidation sites excluding steroid dienone is 4. The molecule has 3 nitrogen and oxygen atoms in total. The lowest BCUT2D eigenvalue weighted by Crippen LogP contribution is -2.19. The first kappa shape index (κ1) is 13.3. The molecular formula is C11H12Cl2O3. The third-order valence-electron chi connectivity index (χ3n) is 2.09. The molecule has 1 rings (SSSR count). The van der Waals surface area contributed by atoms with Gasteiger partial charge < -0.3 is 4.74 Å². The first-order valence-electron chi connectivity index (χ1n) is 4.93. The molecule has 0 saturated heterocycles. The van der Waals surface area contributed by atoms with Crippen LogP contribution in [0.2, 0.25) is 0 Å². The molecule has 1 unspecified atom stereocenters. The molecule has 0 aromatic heterocycles. The number of ether oxygens (including phenoxy) is 1. The Hall–Kier alpha value is -0.800. The van der Waals surface area contributed by atoms with Crippen molar-refractivity contribution in [1.29, 1.82) is 0 Å². The van der Waals surface area contributed by atoms with Crippen LogP contribution in [0.1, 0.15) is 19.8 Å². The average Bonchev–Trinajstić information content (AvgIpc) is 2.17. The SMILES string of the molecule is CCOC(=O)CC(=O)C1=CC=C(Cl)CC1Cl. The number of rotatable bonds is 4. The molecule has 0 bridgehead atoms. The maximum atomic E-state index is 11.7. The van der Waals surface area contributed by atoms with Gasteiger partial charge in [-0.2, -0.15) is 0 Å². The molecule has 0 heterocycles. The second-order valence-corrected chi connectivity index (χ2v) is 4.32. The Bertz CT molecular complexity index is 358. The Balaban J connectivity index is 2.64. The minimum atomic E-state index is -0.530. The molecule has 1 atom stereocenters. The lowest BCUT2D eigenvalue weighted by molar-refractivity contribution is -0.144. The van der Waals surface area contributed by atoms with Gasteiger partial charge in [0.05, 0.1) is 12.0 Å². The predicted octanol–water partition coefficient (Wildman–Crippen LogP) is 2.57. The Morgan fingerprint density at radius 1 is 1.50 bits per heavy atom. The van der Waals surface area contributed by atoms with Gasteiger partial charge in [0.2, 0.25) is 0 Å². The summed E-state index contributed by atoms with van der Waals surface area (Å²) in [7, 11) is 0. The highest BCUT2D eigenvalue weighted by Crippen LogP contribution is 2.27. The number of hydrogen-bond donors (Lipinski definition) is 0. The number of Topliss-reactive ketones (excluding diaryl/α,β-unsaturated/α-hetero) is 1. The molecule has 88 valence electrons. The van der Waals surface area contributed by atoms with Gasteiger partial charge in [-0.3, -0.25) is 9.59 Å². The van der Waals surface area contributed by atoms with Crippen LogP contribution in [0.4, 0.5) is 0 Å². The Kier molecular flexibility index (Phi) is 5.03. The molecule has 1 aliphatic carbocycles. The number of alkyl halides is 1. The number of hydrogen-bond acceptors (Lipinski definition) is 3. The van der Waals surface area contributed by atoms with Crippen LogP contribution in [-0.4, -0.2) is 23.7 Å². The zero-order valence-electron chi connectivity index (χ0n) is 8.83. The quantitative estimate of drug-likeness (QED) is 0.444. The van der Waals surface area contributed by atoms with E-state index in [-0.39, 0.29) is 18.8 Å². The first-order chi connectivity index (χ1) is 7.54. The fourth-order valence-electron chi connectivity index (χ4n) is 1.35. The molecule has 0 aliphatic heterocycles. The van der Waals surface area contributed by atoms with Crippen molar-refractivity contribution in [3.05, 3.63) is 22.8 Å². The van der Waals surface area contributed by atoms with Crippen LogP contribution >= 0.6 is 23.2 Å². The van der Waals surface area contributed by atoms with E-state index >= 15 is 0 Å². The van der Waals surface area contributed by atoms with Crippen molar-refractivity contribution in [2.75, 3.05) is 6.61 Å². The molecule has 0 amide bonds. The first-order valence-corrected chi connectivity index (χ1v) is 5.75. The molecule has 5 heteroatoms. The molecule has 0 radical (unpaired) electrons. The highest BCUT2D eigenvalue weighted by Gasteiger charge is 2.24. The van der Waals surface area contributed by atoms with E-state index < -0.39 is 11.3 Å². The predicted molar refractivity (Wildman–Crippen MR) is 62.5 cm³/mol. The van der Waals surface area contributed by atoms with Gasteiger partial charge in [0.1, 0.15) is 6.42 Å². The van der Waals surface area contributed by atoms with E-state index in [0.717, 1.165) is 0 Å². The normalized spacial score (nSPS) is 19.8. The van der Waals surface area contributed by atoms with Crippen molar-refractivity contribution < 1.29 is 14.3 Å². The molecule has 0 fully saturated rings. The summed E-state index contributed by atoms with van der Waals surface area (Å²) in [4.78, 5) is 22.8. The van der Waals surface area contributed by atoms with Crippen molar-refractivity contribution in [2.24, 2.45) is 0 Å². The van der Waals surface area contributed by atoms with Crippen molar-refractivity contribution in [3.63, 3.8) is 0 Å². The summed E-state index contributed by atoms with van der Waals surface area (Å²) in [6.07, 6.45) is 3.34. The Morgan fingerprint density at radius 2 is 2.19 bits per heavy atom. The average molecular weight is 263 g/mol. The number of ketones is 1. The van der Waals surface area contributed by atoms with Crippen LogP contribution in [0, 0.1) is 0 Å². The lowest BCUT2D eigenvalue weighted by atomic mass is 9.98. The minimum Gasteiger partial charge on any atom is -0.466 e. The summed E-state index contributed by atoms with van der Waals surface area (Å²) >= 11 is 11.7. The maximum Gasteiger partial charge on any atom is 0.313 e. The van der Waals surface area contributed by atoms with Crippen molar-refractivity contribution in [2.45, 2.75) is 25.1 Å². The van der Waals surface area contributed by atoms with Crippen LogP contribution < -0.4 is 0 Å². The van der Waals surface area contributed by atoms with E-state index in [1.54, 1.807) is 19.1 Å². The monoisotopic (exact) mass is 262 g/mol. The molecule has 0 aromatic carbocycles. The zero-order chi connectivity index (χ0) is 12.1. The Labute approximate surface area is 104 Å². The van der Waals surface area contributed by atoms with E-state index in [1.165, 1.54) is 0 Å². The third kappa shape index (κ3) is 3.65. The summed E-state index contributed by atoms with van der Waals surface area (Å²) in [5.41, 5.74) is 0.416. The van der Waals surface area contributed by atoms with Crippen LogP contribution in [0.25, 0.3) is 0 Å². The summed E-state index contributed by atoms with van der Waals surface area (Å²) < 4.78 is 4.69. The fourth-order valence-corrected chi connectivity index (χ4v) is 2.00. The minimum absolute atomic E-state index is 0.265. The fraction of sp³-hybridized carbons (Fsp3) is 0.455. The van der Waals surface area contributed by atoms with Crippen LogP contribution in [0.3, 0.4) is 0 Å². The molecule has 0 spiro atoms. The standard InChI is InChI=1S/C11H12Cl2O3/c1-2-16-11(15)6-10(14)8-4-3-7(12)5-9(8)13/h3-4,9H,2,5-6H2,1H3. The van der Waals surface area contributed by atoms with Crippen LogP contribution in [0.5, 0.6) is 0 Å². The van der Waals surface area contributed by atoms with E-state index in [0.29, 0.717) is 17.0 Å². The van der Waals surface area contributed by atoms with Crippen molar-refractivity contribution in [3.8, 4) is 0 Å². The van der Waals surface area contributed by atoms with Crippen molar-refractivity contribution in [1.82, 2.24) is 0 Å². The molecule has 0 N–H and O–H groups in total. The van der Waals surface area contributed by atoms with E-state index in [2.05, 4.69) is 4.74 Å². The molecule has 1 aliphatic rings. The van der Waals surface area contributed by atoms with Gasteiger partial charge in [0.25, 0.3) is 0 Å². The summed E-state index contributed by atoms with van der Waals surface area (Å²) in [5, 5.41) is 0.145. The van der Waals surface area contributed by atoms with Gasteiger partial charge in [-0.15, -0.1) is 11.6 Å². The highest BCUT2D eigenvalue weighted by molar-refractivity contribution is 6.32. The van der Waals surface area contributed by atoms with Gasteiger partial charge >= 0.3 is 5.97 Å². The number of halogens is 2. The topological polar surface area (TPSA) is 43.4 Å². The lowest BCUT2D eigenvalue weighted by Gasteiger charge is -2.15. The van der Waals surface area contributed by atoms with Gasteiger partial charge in [0.15, 0.2) is 5.78 Å². The molecule has 0 aromatic rings. The van der Waals surface area contributed by atoms with Gasteiger partial charge in [-0.25, -0.2) is 0 Å². The third-order valence-corrected chi connectivity index (χ3v) is 2.76. The van der Waals surface area contributed by atoms with E-state index in [4.69, 9.17) is 23.2 Å². The second-order valence-electron chi connectivity index (χ2n) is 3.31. The molecule has 16 heavy (non-hydrogen) atoms. The summed E-state index contributed by atoms with van der Waals surface area (Å²) in [6.45, 7) is 1.95. The summed E-state index contributed by atoms with van der Waals surface area (Å²) in [5.74, 6) is -0.836. The van der Waals surface area contributed by atoms with Gasteiger partial charge in [-0.05, 0) is 13.0 Å². The van der Waals surface area contributed by atoms with Crippen molar-refractivity contribution >= 4 is 35.0 Å². The summed E-state index contributed by atoms with van der Waals surface area (Å²) in [6, 6.07) is 0. The van der Waals surface area contributed by atoms with E-state index in [1.807, 2.05) is 0 Å². The zero-order valence-corrected chi connectivity index (χ0v) is 10.3. The highest BCUT2D eigenvalue weighted by atomic mass is 35.5. The molecular weight excluding hydrogens is 251 g/mol. The van der Waals surface area contributed by atoms with Crippen LogP contribution in [-0.2, 0) is 14.3 Å². The number of carbonyl (C=O) groups excluding carboxylic acids is 2. The van der Waals surface area contributed by atoms with Gasteiger partial charge in [-0.1, -0.05) is 17.7 Å². The van der Waals surface area contributed by atoms with Gasteiger partial charge in [0, 0.05) is 17.0 Å². The van der Waals surface area contributed by atoms with E-state index in [9.17, 15) is 9.59 Å². The number of carbonyl (C=O) groups is 2. The van der Waals surface area contributed by atoms with Crippen LogP contribution in [0.15, 0.2) is 22.8 Å². The smallest absolute Gasteiger partial charge is 0.313 e. The number of esters is 1. The second kappa shape index (κ2) is 6.06. The molecule has 0 saturated carbocycles. The maximum absolute atomic E-state index is 11.7. The largest absolute Gasteiger partial charge is 0.466 e.